The van der Waals surface area contributed by atoms with E-state index in [1.807, 2.05) is 18.2 Å². The van der Waals surface area contributed by atoms with Gasteiger partial charge in [0, 0.05) is 23.5 Å². The van der Waals surface area contributed by atoms with Gasteiger partial charge in [-0.05, 0) is 35.7 Å². The molecule has 0 fully saturated rings. The first-order chi connectivity index (χ1) is 9.72. The predicted octanol–water partition coefficient (Wildman–Crippen LogP) is 2.37. The monoisotopic (exact) mass is 289 g/mol. The number of rotatable bonds is 6. The summed E-state index contributed by atoms with van der Waals surface area (Å²) in [6.07, 6.45) is 0. The average molecular weight is 289 g/mol. The first-order valence-corrected chi connectivity index (χ1v) is 7.45. The highest BCUT2D eigenvalue weighted by Gasteiger charge is 2.08. The van der Waals surface area contributed by atoms with Gasteiger partial charge in [-0.25, -0.2) is 5.84 Å². The Bertz CT molecular complexity index is 554. The normalized spacial score (nSPS) is 10.8. The highest BCUT2D eigenvalue weighted by atomic mass is 32.1. The van der Waals surface area contributed by atoms with Crippen LogP contribution in [0.15, 0.2) is 41.8 Å². The summed E-state index contributed by atoms with van der Waals surface area (Å²) < 4.78 is 0. The SMILES string of the molecule is CCN(Cc1cccc(C(=O)NN)c1)Cc1cccs1. The molecule has 2 rings (SSSR count). The molecule has 0 aliphatic rings. The summed E-state index contributed by atoms with van der Waals surface area (Å²) in [6, 6.07) is 11.8. The fourth-order valence-electron chi connectivity index (χ4n) is 2.05. The summed E-state index contributed by atoms with van der Waals surface area (Å²) in [6.45, 7) is 4.86. The van der Waals surface area contributed by atoms with E-state index >= 15 is 0 Å². The van der Waals surface area contributed by atoms with E-state index in [2.05, 4.69) is 34.8 Å². The van der Waals surface area contributed by atoms with Crippen LogP contribution in [0.3, 0.4) is 0 Å². The second kappa shape index (κ2) is 7.19. The molecule has 0 radical (unpaired) electrons. The zero-order chi connectivity index (χ0) is 14.4. The van der Waals surface area contributed by atoms with Gasteiger partial charge in [-0.2, -0.15) is 0 Å². The van der Waals surface area contributed by atoms with Crippen LogP contribution in [0.5, 0.6) is 0 Å². The molecular formula is C15H19N3OS. The van der Waals surface area contributed by atoms with E-state index in [-0.39, 0.29) is 5.91 Å². The van der Waals surface area contributed by atoms with Crippen molar-refractivity contribution >= 4 is 17.2 Å². The molecule has 20 heavy (non-hydrogen) atoms. The number of amides is 1. The smallest absolute Gasteiger partial charge is 0.265 e. The number of hydrogen-bond acceptors (Lipinski definition) is 4. The van der Waals surface area contributed by atoms with Crippen LogP contribution in [-0.2, 0) is 13.1 Å². The summed E-state index contributed by atoms with van der Waals surface area (Å²) in [5.74, 6) is 4.91. The zero-order valence-electron chi connectivity index (χ0n) is 11.5. The van der Waals surface area contributed by atoms with Gasteiger partial charge >= 0.3 is 0 Å². The molecule has 0 unspecified atom stereocenters. The maximum Gasteiger partial charge on any atom is 0.265 e. The molecule has 0 bridgehead atoms. The quantitative estimate of drug-likeness (QED) is 0.487. The van der Waals surface area contributed by atoms with Gasteiger partial charge in [0.1, 0.15) is 0 Å². The number of thiophene rings is 1. The number of carbonyl (C=O) groups is 1. The molecule has 1 aromatic heterocycles. The van der Waals surface area contributed by atoms with Gasteiger partial charge in [0.05, 0.1) is 0 Å². The molecule has 3 N–H and O–H groups in total. The van der Waals surface area contributed by atoms with Crippen molar-refractivity contribution in [3.63, 3.8) is 0 Å². The molecule has 106 valence electrons. The Morgan fingerprint density at radius 2 is 2.15 bits per heavy atom. The second-order valence-corrected chi connectivity index (χ2v) is 5.59. The molecule has 0 atom stereocenters. The van der Waals surface area contributed by atoms with E-state index in [4.69, 9.17) is 5.84 Å². The number of carbonyl (C=O) groups excluding carboxylic acids is 1. The minimum Gasteiger partial charge on any atom is -0.294 e. The molecule has 1 amide bonds. The molecule has 1 heterocycles. The van der Waals surface area contributed by atoms with Crippen LogP contribution in [0, 0.1) is 0 Å². The predicted molar refractivity (Wildman–Crippen MR) is 82.2 cm³/mol. The van der Waals surface area contributed by atoms with Crippen LogP contribution >= 0.6 is 11.3 Å². The Morgan fingerprint density at radius 1 is 1.30 bits per heavy atom. The summed E-state index contributed by atoms with van der Waals surface area (Å²) in [5, 5.41) is 2.09. The largest absolute Gasteiger partial charge is 0.294 e. The molecule has 0 spiro atoms. The van der Waals surface area contributed by atoms with E-state index in [9.17, 15) is 4.79 Å². The summed E-state index contributed by atoms with van der Waals surface area (Å²) in [5.41, 5.74) is 3.87. The van der Waals surface area contributed by atoms with Gasteiger partial charge in [-0.3, -0.25) is 15.1 Å². The van der Waals surface area contributed by atoms with Crippen LogP contribution in [-0.4, -0.2) is 17.4 Å². The third-order valence-electron chi connectivity index (χ3n) is 3.13. The number of hydrogen-bond donors (Lipinski definition) is 2. The summed E-state index contributed by atoms with van der Waals surface area (Å²) in [7, 11) is 0. The van der Waals surface area contributed by atoms with E-state index in [0.717, 1.165) is 25.2 Å². The third kappa shape index (κ3) is 3.90. The number of benzene rings is 1. The van der Waals surface area contributed by atoms with Crippen LogP contribution in [0.1, 0.15) is 27.7 Å². The van der Waals surface area contributed by atoms with E-state index in [1.165, 1.54) is 4.88 Å². The van der Waals surface area contributed by atoms with Crippen molar-refractivity contribution in [3.8, 4) is 0 Å². The van der Waals surface area contributed by atoms with Gasteiger partial charge < -0.3 is 0 Å². The first-order valence-electron chi connectivity index (χ1n) is 6.57. The molecule has 1 aromatic carbocycles. The molecule has 5 heteroatoms. The lowest BCUT2D eigenvalue weighted by Gasteiger charge is -2.20. The van der Waals surface area contributed by atoms with Crippen LogP contribution in [0.2, 0.25) is 0 Å². The summed E-state index contributed by atoms with van der Waals surface area (Å²) >= 11 is 1.77. The second-order valence-electron chi connectivity index (χ2n) is 4.56. The van der Waals surface area contributed by atoms with Gasteiger partial charge in [0.2, 0.25) is 0 Å². The number of nitrogen functional groups attached to an aromatic ring is 1. The number of nitrogens with one attached hydrogen (secondary N) is 1. The molecule has 0 saturated carbocycles. The molecule has 0 aliphatic carbocycles. The van der Waals surface area contributed by atoms with E-state index in [1.54, 1.807) is 17.4 Å². The molecule has 0 saturated heterocycles. The molecule has 4 nitrogen and oxygen atoms in total. The lowest BCUT2D eigenvalue weighted by Crippen LogP contribution is -2.30. The number of hydrazine groups is 1. The molecule has 0 aliphatic heterocycles. The van der Waals surface area contributed by atoms with Gasteiger partial charge in [0.25, 0.3) is 5.91 Å². The van der Waals surface area contributed by atoms with Crippen molar-refractivity contribution < 1.29 is 4.79 Å². The Labute approximate surface area is 123 Å². The van der Waals surface area contributed by atoms with Crippen LogP contribution in [0.25, 0.3) is 0 Å². The first kappa shape index (κ1) is 14.7. The highest BCUT2D eigenvalue weighted by molar-refractivity contribution is 7.09. The lowest BCUT2D eigenvalue weighted by molar-refractivity contribution is 0.0953. The Hall–Kier alpha value is -1.69. The molecular weight excluding hydrogens is 270 g/mol. The Kier molecular flexibility index (Phi) is 5.29. The Morgan fingerprint density at radius 3 is 2.80 bits per heavy atom. The Balaban J connectivity index is 2.05. The average Bonchev–Trinajstić information content (AvgIpc) is 2.99. The molecule has 2 aromatic rings. The van der Waals surface area contributed by atoms with Gasteiger partial charge in [-0.1, -0.05) is 25.1 Å². The van der Waals surface area contributed by atoms with Gasteiger partial charge in [-0.15, -0.1) is 11.3 Å². The van der Waals surface area contributed by atoms with Crippen molar-refractivity contribution in [1.82, 2.24) is 10.3 Å². The van der Waals surface area contributed by atoms with E-state index in [0.29, 0.717) is 5.56 Å². The van der Waals surface area contributed by atoms with Crippen molar-refractivity contribution in [3.05, 3.63) is 57.8 Å². The van der Waals surface area contributed by atoms with Crippen molar-refractivity contribution in [1.29, 1.82) is 0 Å². The fraction of sp³-hybridized carbons (Fsp3) is 0.267. The van der Waals surface area contributed by atoms with Crippen molar-refractivity contribution in [2.24, 2.45) is 5.84 Å². The standard InChI is InChI=1S/C15H19N3OS/c1-2-18(11-14-7-4-8-20-14)10-12-5-3-6-13(9-12)15(19)17-16/h3-9H,2,10-11,16H2,1H3,(H,17,19). The lowest BCUT2D eigenvalue weighted by atomic mass is 10.1. The fourth-order valence-corrected chi connectivity index (χ4v) is 2.80. The minimum absolute atomic E-state index is 0.256. The maximum atomic E-state index is 11.5. The van der Waals surface area contributed by atoms with Crippen LogP contribution in [0.4, 0.5) is 0 Å². The van der Waals surface area contributed by atoms with Gasteiger partial charge in [0.15, 0.2) is 0 Å². The zero-order valence-corrected chi connectivity index (χ0v) is 12.3. The van der Waals surface area contributed by atoms with E-state index < -0.39 is 0 Å². The third-order valence-corrected chi connectivity index (χ3v) is 3.99. The maximum absolute atomic E-state index is 11.5. The van der Waals surface area contributed by atoms with Crippen molar-refractivity contribution in [2.75, 3.05) is 6.54 Å². The summed E-state index contributed by atoms with van der Waals surface area (Å²) in [4.78, 5) is 15.2. The highest BCUT2D eigenvalue weighted by Crippen LogP contribution is 2.15. The number of nitrogens with zero attached hydrogens (tertiary/aromatic N) is 1. The topological polar surface area (TPSA) is 58.4 Å². The number of nitrogens with two attached hydrogens (primary N) is 1. The van der Waals surface area contributed by atoms with Crippen LogP contribution < -0.4 is 11.3 Å². The minimum atomic E-state index is -0.256. The van der Waals surface area contributed by atoms with Crippen molar-refractivity contribution in [2.45, 2.75) is 20.0 Å².